The van der Waals surface area contributed by atoms with Crippen molar-refractivity contribution >= 4 is 40.1 Å². The number of anilines is 1. The van der Waals surface area contributed by atoms with E-state index in [1.165, 1.54) is 0 Å². The van der Waals surface area contributed by atoms with Crippen molar-refractivity contribution in [1.82, 2.24) is 5.32 Å². The van der Waals surface area contributed by atoms with Crippen LogP contribution < -0.4 is 16.4 Å². The fourth-order valence-electron chi connectivity index (χ4n) is 1.17. The van der Waals surface area contributed by atoms with E-state index in [4.69, 9.17) is 5.73 Å². The standard InChI is InChI=1S/C11H14IN3O2/c1-7-2-3-8(12)4-9(7)15-11(17)6-14-10(16)5-13/h2-4H,5-6,13H2,1H3,(H,14,16)(H,15,17). The van der Waals surface area contributed by atoms with Gasteiger partial charge in [-0.25, -0.2) is 0 Å². The van der Waals surface area contributed by atoms with Crippen LogP contribution in [0.2, 0.25) is 0 Å². The van der Waals surface area contributed by atoms with Gasteiger partial charge in [-0.3, -0.25) is 9.59 Å². The fourth-order valence-corrected chi connectivity index (χ4v) is 1.67. The molecule has 0 aliphatic carbocycles. The van der Waals surface area contributed by atoms with Crippen molar-refractivity contribution in [3.63, 3.8) is 0 Å². The molecule has 0 saturated heterocycles. The van der Waals surface area contributed by atoms with E-state index in [9.17, 15) is 9.59 Å². The van der Waals surface area contributed by atoms with Gasteiger partial charge in [0.05, 0.1) is 13.1 Å². The first-order valence-corrected chi connectivity index (χ1v) is 6.13. The van der Waals surface area contributed by atoms with Gasteiger partial charge in [-0.15, -0.1) is 0 Å². The lowest BCUT2D eigenvalue weighted by atomic mass is 10.2. The minimum Gasteiger partial charge on any atom is -0.346 e. The molecule has 0 spiro atoms. The van der Waals surface area contributed by atoms with Gasteiger partial charge in [-0.05, 0) is 47.2 Å². The van der Waals surface area contributed by atoms with E-state index < -0.39 is 0 Å². The van der Waals surface area contributed by atoms with E-state index in [-0.39, 0.29) is 24.9 Å². The molecule has 0 radical (unpaired) electrons. The summed E-state index contributed by atoms with van der Waals surface area (Å²) >= 11 is 2.17. The summed E-state index contributed by atoms with van der Waals surface area (Å²) in [6.45, 7) is 1.72. The Labute approximate surface area is 113 Å². The third kappa shape index (κ3) is 4.70. The molecule has 5 nitrogen and oxygen atoms in total. The van der Waals surface area contributed by atoms with Gasteiger partial charge in [0.1, 0.15) is 0 Å². The zero-order valence-corrected chi connectivity index (χ0v) is 11.6. The van der Waals surface area contributed by atoms with Gasteiger partial charge in [-0.1, -0.05) is 6.07 Å². The SMILES string of the molecule is Cc1ccc(I)cc1NC(=O)CNC(=O)CN. The lowest BCUT2D eigenvalue weighted by molar-refractivity contribution is -0.123. The van der Waals surface area contributed by atoms with Crippen LogP contribution >= 0.6 is 22.6 Å². The van der Waals surface area contributed by atoms with Crippen LogP contribution in [-0.2, 0) is 9.59 Å². The van der Waals surface area contributed by atoms with Crippen molar-refractivity contribution in [1.29, 1.82) is 0 Å². The average Bonchev–Trinajstić information content (AvgIpc) is 2.30. The Kier molecular flexibility index (Phi) is 5.36. The highest BCUT2D eigenvalue weighted by atomic mass is 127. The molecule has 92 valence electrons. The molecule has 0 aromatic heterocycles. The summed E-state index contributed by atoms with van der Waals surface area (Å²) in [5.74, 6) is -0.614. The quantitative estimate of drug-likeness (QED) is 0.698. The van der Waals surface area contributed by atoms with Gasteiger partial charge in [0, 0.05) is 9.26 Å². The highest BCUT2D eigenvalue weighted by molar-refractivity contribution is 14.1. The molecule has 0 saturated carbocycles. The number of halogens is 1. The lowest BCUT2D eigenvalue weighted by Crippen LogP contribution is -2.36. The van der Waals surface area contributed by atoms with Crippen molar-refractivity contribution in [3.05, 3.63) is 27.3 Å². The Hall–Kier alpha value is -1.15. The van der Waals surface area contributed by atoms with Crippen LogP contribution in [0, 0.1) is 10.5 Å². The molecule has 1 aromatic rings. The minimum absolute atomic E-state index is 0.0685. The zero-order valence-electron chi connectivity index (χ0n) is 9.42. The van der Waals surface area contributed by atoms with Crippen molar-refractivity contribution in [2.45, 2.75) is 6.92 Å². The normalized spacial score (nSPS) is 9.82. The van der Waals surface area contributed by atoms with Crippen LogP contribution in [0.5, 0.6) is 0 Å². The Bertz CT molecular complexity index is 435. The molecule has 0 atom stereocenters. The molecule has 0 fully saturated rings. The highest BCUT2D eigenvalue weighted by Crippen LogP contribution is 2.17. The van der Waals surface area contributed by atoms with Gasteiger partial charge >= 0.3 is 0 Å². The Morgan fingerprint density at radius 3 is 2.71 bits per heavy atom. The fraction of sp³-hybridized carbons (Fsp3) is 0.273. The Morgan fingerprint density at radius 2 is 2.06 bits per heavy atom. The molecule has 0 heterocycles. The average molecular weight is 347 g/mol. The first-order valence-electron chi connectivity index (χ1n) is 5.05. The number of carbonyl (C=O) groups excluding carboxylic acids is 2. The first kappa shape index (κ1) is 13.9. The smallest absolute Gasteiger partial charge is 0.243 e. The van der Waals surface area contributed by atoms with Crippen molar-refractivity contribution in [2.75, 3.05) is 18.4 Å². The topological polar surface area (TPSA) is 84.2 Å². The number of amides is 2. The number of hydrogen-bond donors (Lipinski definition) is 3. The van der Waals surface area contributed by atoms with Crippen molar-refractivity contribution < 1.29 is 9.59 Å². The molecule has 6 heteroatoms. The van der Waals surface area contributed by atoms with E-state index in [1.54, 1.807) is 0 Å². The second kappa shape index (κ2) is 6.55. The molecule has 0 bridgehead atoms. The van der Waals surface area contributed by atoms with Gasteiger partial charge in [0.2, 0.25) is 11.8 Å². The predicted octanol–water partition coefficient (Wildman–Crippen LogP) is 0.613. The maximum Gasteiger partial charge on any atom is 0.243 e. The number of benzene rings is 1. The van der Waals surface area contributed by atoms with Gasteiger partial charge < -0.3 is 16.4 Å². The lowest BCUT2D eigenvalue weighted by Gasteiger charge is -2.09. The summed E-state index contributed by atoms with van der Waals surface area (Å²) in [6.07, 6.45) is 0. The monoisotopic (exact) mass is 347 g/mol. The van der Waals surface area contributed by atoms with Crippen LogP contribution in [0.15, 0.2) is 18.2 Å². The molecule has 1 aromatic carbocycles. The summed E-state index contributed by atoms with van der Waals surface area (Å²) < 4.78 is 1.04. The number of carbonyl (C=O) groups is 2. The van der Waals surface area contributed by atoms with Gasteiger partial charge in [0.25, 0.3) is 0 Å². The second-order valence-corrected chi connectivity index (χ2v) is 4.73. The molecule has 2 amide bonds. The number of hydrogen-bond acceptors (Lipinski definition) is 3. The van der Waals surface area contributed by atoms with Crippen molar-refractivity contribution in [3.8, 4) is 0 Å². The van der Waals surface area contributed by atoms with Crippen LogP contribution in [0.25, 0.3) is 0 Å². The van der Waals surface area contributed by atoms with Gasteiger partial charge in [-0.2, -0.15) is 0 Å². The van der Waals surface area contributed by atoms with Crippen LogP contribution in [0.1, 0.15) is 5.56 Å². The summed E-state index contributed by atoms with van der Waals surface area (Å²) in [7, 11) is 0. The molecule has 0 aliphatic rings. The van der Waals surface area contributed by atoms with Gasteiger partial charge in [0.15, 0.2) is 0 Å². The third-order valence-electron chi connectivity index (χ3n) is 2.11. The van der Waals surface area contributed by atoms with E-state index in [0.29, 0.717) is 0 Å². The number of rotatable bonds is 4. The maximum absolute atomic E-state index is 11.5. The number of nitrogens with two attached hydrogens (primary N) is 1. The molecule has 0 aliphatic heterocycles. The minimum atomic E-state index is -0.348. The van der Waals surface area contributed by atoms with Crippen LogP contribution in [0.3, 0.4) is 0 Å². The summed E-state index contributed by atoms with van der Waals surface area (Å²) in [4.78, 5) is 22.4. The number of nitrogens with one attached hydrogen (secondary N) is 2. The highest BCUT2D eigenvalue weighted by Gasteiger charge is 2.06. The molecule has 1 rings (SSSR count). The van der Waals surface area contributed by atoms with Crippen LogP contribution in [-0.4, -0.2) is 24.9 Å². The van der Waals surface area contributed by atoms with E-state index >= 15 is 0 Å². The maximum atomic E-state index is 11.5. The molecule has 17 heavy (non-hydrogen) atoms. The molecular weight excluding hydrogens is 333 g/mol. The molecular formula is C11H14IN3O2. The first-order chi connectivity index (χ1) is 8.02. The zero-order chi connectivity index (χ0) is 12.8. The molecule has 4 N–H and O–H groups in total. The van der Waals surface area contributed by atoms with E-state index in [0.717, 1.165) is 14.8 Å². The van der Waals surface area contributed by atoms with E-state index in [2.05, 4.69) is 33.2 Å². The Morgan fingerprint density at radius 1 is 1.35 bits per heavy atom. The Balaban J connectivity index is 2.56. The van der Waals surface area contributed by atoms with Crippen LogP contribution in [0.4, 0.5) is 5.69 Å². The third-order valence-corrected chi connectivity index (χ3v) is 2.78. The second-order valence-electron chi connectivity index (χ2n) is 3.49. The van der Waals surface area contributed by atoms with Crippen molar-refractivity contribution in [2.24, 2.45) is 5.73 Å². The number of aryl methyl sites for hydroxylation is 1. The van der Waals surface area contributed by atoms with E-state index in [1.807, 2.05) is 25.1 Å². The summed E-state index contributed by atoms with van der Waals surface area (Å²) in [6, 6.07) is 5.76. The summed E-state index contributed by atoms with van der Waals surface area (Å²) in [5, 5.41) is 5.14. The predicted molar refractivity (Wildman–Crippen MR) is 74.6 cm³/mol. The summed E-state index contributed by atoms with van der Waals surface area (Å²) in [5.41, 5.74) is 6.84. The largest absolute Gasteiger partial charge is 0.346 e. The molecule has 0 unspecified atom stereocenters.